The van der Waals surface area contributed by atoms with E-state index in [0.717, 1.165) is 28.1 Å². The van der Waals surface area contributed by atoms with E-state index in [1.165, 1.54) is 0 Å². The van der Waals surface area contributed by atoms with E-state index in [4.69, 9.17) is 6.42 Å². The second kappa shape index (κ2) is 7.10. The predicted octanol–water partition coefficient (Wildman–Crippen LogP) is 3.91. The summed E-state index contributed by atoms with van der Waals surface area (Å²) in [4.78, 5) is 28.6. The van der Waals surface area contributed by atoms with Crippen molar-refractivity contribution < 1.29 is 9.59 Å². The van der Waals surface area contributed by atoms with Crippen LogP contribution in [0.2, 0.25) is 0 Å². The molecule has 0 saturated carbocycles. The van der Waals surface area contributed by atoms with Crippen molar-refractivity contribution in [2.24, 2.45) is 0 Å². The number of amides is 2. The summed E-state index contributed by atoms with van der Waals surface area (Å²) in [6, 6.07) is 13.9. The van der Waals surface area contributed by atoms with E-state index < -0.39 is 5.41 Å². The van der Waals surface area contributed by atoms with Gasteiger partial charge in [0.2, 0.25) is 11.8 Å². The number of benzene rings is 2. The summed E-state index contributed by atoms with van der Waals surface area (Å²) in [5.41, 5.74) is 4.13. The number of terminal acetylenes is 1. The Morgan fingerprint density at radius 2 is 1.94 bits per heavy atom. The van der Waals surface area contributed by atoms with Gasteiger partial charge in [-0.2, -0.15) is 5.10 Å². The van der Waals surface area contributed by atoms with E-state index in [9.17, 15) is 9.59 Å². The van der Waals surface area contributed by atoms with Crippen molar-refractivity contribution in [2.75, 3.05) is 16.8 Å². The van der Waals surface area contributed by atoms with Crippen molar-refractivity contribution in [3.05, 3.63) is 70.9 Å². The molecule has 1 spiro atoms. The van der Waals surface area contributed by atoms with Gasteiger partial charge in [0.25, 0.3) is 0 Å². The fraction of sp³-hybridized carbons (Fsp3) is 0.269. The molecular formula is C26H24N4O2. The molecule has 6 heteroatoms. The summed E-state index contributed by atoms with van der Waals surface area (Å²) in [6.07, 6.45) is 7.34. The second-order valence-electron chi connectivity index (χ2n) is 8.76. The van der Waals surface area contributed by atoms with Gasteiger partial charge in [-0.3, -0.25) is 14.5 Å². The SMILES string of the molecule is C#CCN1C(=O)[C@]2(CC(=O)Nc3c2cnn3-c2ccccc2C)c2cc(C(C)C)ccc21. The van der Waals surface area contributed by atoms with Gasteiger partial charge in [0.15, 0.2) is 0 Å². The third kappa shape index (κ3) is 2.64. The number of hydrogen-bond acceptors (Lipinski definition) is 3. The number of carbonyl (C=O) groups excluding carboxylic acids is 2. The van der Waals surface area contributed by atoms with Crippen molar-refractivity contribution in [1.29, 1.82) is 0 Å². The number of rotatable bonds is 3. The van der Waals surface area contributed by atoms with Crippen LogP contribution in [0.3, 0.4) is 0 Å². The monoisotopic (exact) mass is 424 g/mol. The van der Waals surface area contributed by atoms with E-state index in [1.807, 2.05) is 43.3 Å². The topological polar surface area (TPSA) is 67.2 Å². The highest BCUT2D eigenvalue weighted by molar-refractivity contribution is 6.16. The van der Waals surface area contributed by atoms with Gasteiger partial charge in [-0.1, -0.05) is 50.1 Å². The highest BCUT2D eigenvalue weighted by atomic mass is 16.2. The van der Waals surface area contributed by atoms with E-state index in [0.29, 0.717) is 11.4 Å². The lowest BCUT2D eigenvalue weighted by molar-refractivity contribution is -0.126. The summed E-state index contributed by atoms with van der Waals surface area (Å²) in [7, 11) is 0. The normalized spacial score (nSPS) is 19.2. The first-order valence-electron chi connectivity index (χ1n) is 10.7. The number of anilines is 2. The summed E-state index contributed by atoms with van der Waals surface area (Å²) in [6.45, 7) is 6.36. The average molecular weight is 425 g/mol. The van der Waals surface area contributed by atoms with Crippen LogP contribution in [-0.2, 0) is 15.0 Å². The van der Waals surface area contributed by atoms with Crippen LogP contribution in [0.1, 0.15) is 48.4 Å². The summed E-state index contributed by atoms with van der Waals surface area (Å²) in [5, 5.41) is 7.58. The molecule has 2 aliphatic heterocycles. The van der Waals surface area contributed by atoms with Crippen LogP contribution in [0.25, 0.3) is 5.69 Å². The molecule has 1 aromatic heterocycles. The maximum absolute atomic E-state index is 13.9. The summed E-state index contributed by atoms with van der Waals surface area (Å²) in [5.74, 6) is 3.02. The number of nitrogens with zero attached hydrogens (tertiary/aromatic N) is 3. The molecule has 3 heterocycles. The molecule has 0 unspecified atom stereocenters. The highest BCUT2D eigenvalue weighted by Crippen LogP contribution is 2.53. The van der Waals surface area contributed by atoms with Gasteiger partial charge in [-0.25, -0.2) is 4.68 Å². The summed E-state index contributed by atoms with van der Waals surface area (Å²) >= 11 is 0. The quantitative estimate of drug-likeness (QED) is 0.648. The minimum Gasteiger partial charge on any atom is -0.310 e. The third-order valence-electron chi connectivity index (χ3n) is 6.55. The minimum absolute atomic E-state index is 0.0217. The molecule has 0 bridgehead atoms. The molecule has 2 aromatic carbocycles. The van der Waals surface area contributed by atoms with Crippen LogP contribution in [0, 0.1) is 19.3 Å². The Labute approximate surface area is 187 Å². The van der Waals surface area contributed by atoms with E-state index in [1.54, 1.807) is 15.8 Å². The average Bonchev–Trinajstić information content (AvgIpc) is 3.28. The molecular weight excluding hydrogens is 400 g/mol. The smallest absolute Gasteiger partial charge is 0.243 e. The molecule has 1 atom stereocenters. The lowest BCUT2D eigenvalue weighted by atomic mass is 9.71. The highest BCUT2D eigenvalue weighted by Gasteiger charge is 2.57. The first kappa shape index (κ1) is 20.1. The number of aryl methyl sites for hydroxylation is 1. The Kier molecular flexibility index (Phi) is 4.45. The first-order chi connectivity index (χ1) is 15.4. The second-order valence-corrected chi connectivity index (χ2v) is 8.76. The molecule has 0 radical (unpaired) electrons. The summed E-state index contributed by atoms with van der Waals surface area (Å²) < 4.78 is 1.71. The number of aromatic nitrogens is 2. The van der Waals surface area contributed by atoms with Crippen molar-refractivity contribution in [1.82, 2.24) is 9.78 Å². The van der Waals surface area contributed by atoms with Gasteiger partial charge in [0.1, 0.15) is 11.2 Å². The maximum Gasteiger partial charge on any atom is 0.243 e. The van der Waals surface area contributed by atoms with Crippen LogP contribution < -0.4 is 10.2 Å². The standard InChI is InChI=1S/C26H24N4O2/c1-5-12-29-22-11-10-18(16(2)3)13-19(22)26(25(29)32)14-23(31)28-24-20(26)15-27-30(24)21-9-7-6-8-17(21)4/h1,6-11,13,15-16H,12,14H2,2-4H3,(H,28,31)/t26-/m1/s1. The number of fused-ring (bicyclic) bond motifs is 4. The minimum atomic E-state index is -1.14. The van der Waals surface area contributed by atoms with Crippen molar-refractivity contribution in [3.63, 3.8) is 0 Å². The number of hydrogen-bond donors (Lipinski definition) is 1. The Balaban J connectivity index is 1.79. The molecule has 3 aromatic rings. The molecule has 1 N–H and O–H groups in total. The third-order valence-corrected chi connectivity index (χ3v) is 6.55. The van der Waals surface area contributed by atoms with Gasteiger partial charge < -0.3 is 5.32 Å². The molecule has 0 fully saturated rings. The van der Waals surface area contributed by atoms with Gasteiger partial charge in [-0.15, -0.1) is 6.42 Å². The number of para-hydroxylation sites is 1. The molecule has 32 heavy (non-hydrogen) atoms. The van der Waals surface area contributed by atoms with Crippen LogP contribution in [0.4, 0.5) is 11.5 Å². The molecule has 160 valence electrons. The van der Waals surface area contributed by atoms with Gasteiger partial charge in [0.05, 0.1) is 18.4 Å². The van der Waals surface area contributed by atoms with Gasteiger partial charge >= 0.3 is 0 Å². The van der Waals surface area contributed by atoms with Crippen LogP contribution in [-0.4, -0.2) is 28.1 Å². The van der Waals surface area contributed by atoms with Crippen LogP contribution in [0.5, 0.6) is 0 Å². The zero-order chi connectivity index (χ0) is 22.6. The Bertz CT molecular complexity index is 1310. The largest absolute Gasteiger partial charge is 0.310 e. The van der Waals surface area contributed by atoms with Crippen LogP contribution in [0.15, 0.2) is 48.7 Å². The van der Waals surface area contributed by atoms with E-state index in [2.05, 4.69) is 36.2 Å². The molecule has 0 saturated heterocycles. The maximum atomic E-state index is 13.9. The van der Waals surface area contributed by atoms with E-state index >= 15 is 0 Å². The molecule has 5 rings (SSSR count). The first-order valence-corrected chi connectivity index (χ1v) is 10.7. The lowest BCUT2D eigenvalue weighted by Gasteiger charge is -2.32. The van der Waals surface area contributed by atoms with Gasteiger partial charge in [-0.05, 0) is 41.7 Å². The van der Waals surface area contributed by atoms with Crippen LogP contribution >= 0.6 is 0 Å². The fourth-order valence-corrected chi connectivity index (χ4v) is 4.90. The van der Waals surface area contributed by atoms with Crippen molar-refractivity contribution in [3.8, 4) is 18.0 Å². The van der Waals surface area contributed by atoms with Crippen molar-refractivity contribution in [2.45, 2.75) is 38.5 Å². The fourth-order valence-electron chi connectivity index (χ4n) is 4.90. The molecule has 2 amide bonds. The number of carbonyl (C=O) groups is 2. The predicted molar refractivity (Wildman–Crippen MR) is 124 cm³/mol. The van der Waals surface area contributed by atoms with Gasteiger partial charge in [0, 0.05) is 17.7 Å². The molecule has 2 aliphatic rings. The zero-order valence-electron chi connectivity index (χ0n) is 18.3. The zero-order valence-corrected chi connectivity index (χ0v) is 18.3. The molecule has 0 aliphatic carbocycles. The molecule has 6 nitrogen and oxygen atoms in total. The number of nitrogens with one attached hydrogen (secondary N) is 1. The Hall–Kier alpha value is -3.85. The van der Waals surface area contributed by atoms with E-state index in [-0.39, 0.29) is 30.7 Å². The van der Waals surface area contributed by atoms with Crippen molar-refractivity contribution >= 4 is 23.3 Å². The Morgan fingerprint density at radius 1 is 1.16 bits per heavy atom. The lowest BCUT2D eigenvalue weighted by Crippen LogP contribution is -2.46. The Morgan fingerprint density at radius 3 is 2.66 bits per heavy atom.